The van der Waals surface area contributed by atoms with E-state index in [1.54, 1.807) is 0 Å². The van der Waals surface area contributed by atoms with Gasteiger partial charge in [-0.25, -0.2) is 4.79 Å². The maximum Gasteiger partial charge on any atom is 0.321 e. The molecule has 1 aliphatic heterocycles. The van der Waals surface area contributed by atoms with Crippen LogP contribution >= 0.6 is 23.5 Å². The summed E-state index contributed by atoms with van der Waals surface area (Å²) in [5.41, 5.74) is 0. The van der Waals surface area contributed by atoms with E-state index in [1.807, 2.05) is 0 Å². The number of amides is 3. The van der Waals surface area contributed by atoms with Crippen LogP contribution in [0.15, 0.2) is 0 Å². The van der Waals surface area contributed by atoms with Gasteiger partial charge in [0.05, 0.1) is 10.00 Å². The predicted octanol–water partition coefficient (Wildman–Crippen LogP) is 2.38. The molecular weight excluding hydrogens is 360 g/mol. The van der Waals surface area contributed by atoms with Crippen LogP contribution in [0.25, 0.3) is 0 Å². The smallest absolute Gasteiger partial charge is 0.321 e. The van der Waals surface area contributed by atoms with Crippen LogP contribution in [0, 0.1) is 17.8 Å². The number of imide groups is 1. The lowest BCUT2D eigenvalue weighted by Gasteiger charge is -2.51. The number of carbonyl (C=O) groups excluding carboxylic acids is 3. The second-order valence-corrected chi connectivity index (χ2v) is 10.1. The van der Waals surface area contributed by atoms with E-state index < -0.39 is 18.0 Å². The summed E-state index contributed by atoms with van der Waals surface area (Å²) < 4.78 is 5.69. The predicted molar refractivity (Wildman–Crippen MR) is 99.4 cm³/mol. The molecule has 3 fully saturated rings. The zero-order valence-electron chi connectivity index (χ0n) is 14.7. The molecule has 0 aromatic carbocycles. The molecule has 3 rings (SSSR count). The summed E-state index contributed by atoms with van der Waals surface area (Å²) in [6.07, 6.45) is 4.39. The molecule has 1 spiro atoms. The fraction of sp³-hybridized carbons (Fsp3) is 0.824. The highest BCUT2D eigenvalue weighted by Crippen LogP contribution is 2.64. The highest BCUT2D eigenvalue weighted by Gasteiger charge is 2.55. The van der Waals surface area contributed by atoms with Crippen LogP contribution in [0.5, 0.6) is 0 Å². The number of rotatable bonds is 3. The second-order valence-electron chi connectivity index (χ2n) is 7.06. The van der Waals surface area contributed by atoms with Crippen LogP contribution in [0.4, 0.5) is 4.79 Å². The Hall–Kier alpha value is -0.890. The molecule has 1 heterocycles. The van der Waals surface area contributed by atoms with Crippen molar-refractivity contribution in [3.63, 3.8) is 0 Å². The van der Waals surface area contributed by atoms with Crippen LogP contribution < -0.4 is 10.6 Å². The number of nitrogens with one attached hydrogen (secondary N) is 2. The summed E-state index contributed by atoms with van der Waals surface area (Å²) in [6.45, 7) is 1.50. The minimum atomic E-state index is -0.962. The molecule has 6 nitrogen and oxygen atoms in total. The maximum atomic E-state index is 12.6. The molecule has 4 atom stereocenters. The summed E-state index contributed by atoms with van der Waals surface area (Å²) in [5, 5.41) is 4.45. The van der Waals surface area contributed by atoms with Gasteiger partial charge in [-0.2, -0.15) is 0 Å². The average Bonchev–Trinajstić information content (AvgIpc) is 3.03. The van der Waals surface area contributed by atoms with Crippen molar-refractivity contribution in [3.8, 4) is 0 Å². The lowest BCUT2D eigenvalue weighted by Crippen LogP contribution is -2.49. The first-order chi connectivity index (χ1) is 12.0. The first kappa shape index (κ1) is 18.9. The molecule has 2 saturated carbocycles. The minimum Gasteiger partial charge on any atom is -0.452 e. The fourth-order valence-corrected chi connectivity index (χ4v) is 8.34. The third kappa shape index (κ3) is 3.79. The van der Waals surface area contributed by atoms with E-state index in [-0.39, 0.29) is 11.9 Å². The van der Waals surface area contributed by atoms with E-state index in [9.17, 15) is 14.4 Å². The molecular formula is C17H26N2O4S2. The van der Waals surface area contributed by atoms with Gasteiger partial charge in [0.1, 0.15) is 0 Å². The molecule has 1 saturated heterocycles. The Kier molecular flexibility index (Phi) is 5.88. The molecule has 2 N–H and O–H groups in total. The van der Waals surface area contributed by atoms with Crippen molar-refractivity contribution in [3.05, 3.63) is 0 Å². The van der Waals surface area contributed by atoms with E-state index >= 15 is 0 Å². The topological polar surface area (TPSA) is 84.5 Å². The Balaban J connectivity index is 1.59. The van der Waals surface area contributed by atoms with Crippen molar-refractivity contribution in [2.24, 2.45) is 17.8 Å². The van der Waals surface area contributed by atoms with Gasteiger partial charge in [0.15, 0.2) is 6.10 Å². The van der Waals surface area contributed by atoms with Gasteiger partial charge in [0, 0.05) is 18.6 Å². The lowest BCUT2D eigenvalue weighted by molar-refractivity contribution is -0.161. The zero-order chi connectivity index (χ0) is 18.0. The fourth-order valence-electron chi connectivity index (χ4n) is 4.40. The lowest BCUT2D eigenvalue weighted by atomic mass is 9.67. The monoisotopic (exact) mass is 386 g/mol. The largest absolute Gasteiger partial charge is 0.452 e. The number of thioether (sulfide) groups is 2. The van der Waals surface area contributed by atoms with Gasteiger partial charge in [-0.1, -0.05) is 6.42 Å². The molecule has 140 valence electrons. The van der Waals surface area contributed by atoms with Crippen LogP contribution in [-0.4, -0.2) is 46.6 Å². The second kappa shape index (κ2) is 7.78. The summed E-state index contributed by atoms with van der Waals surface area (Å²) >= 11 is 4.20. The summed E-state index contributed by atoms with van der Waals surface area (Å²) in [7, 11) is 1.43. The van der Waals surface area contributed by atoms with Crippen molar-refractivity contribution in [1.82, 2.24) is 10.6 Å². The minimum absolute atomic E-state index is 0.127. The highest BCUT2D eigenvalue weighted by molar-refractivity contribution is 8.21. The van der Waals surface area contributed by atoms with Crippen molar-refractivity contribution >= 4 is 41.4 Å². The van der Waals surface area contributed by atoms with E-state index in [0.717, 1.165) is 12.8 Å². The third-order valence-electron chi connectivity index (χ3n) is 5.58. The first-order valence-corrected chi connectivity index (χ1v) is 10.9. The van der Waals surface area contributed by atoms with Crippen LogP contribution in [-0.2, 0) is 14.3 Å². The van der Waals surface area contributed by atoms with Crippen molar-refractivity contribution in [2.75, 3.05) is 18.6 Å². The Labute approximate surface area is 157 Å². The normalized spacial score (nSPS) is 31.2. The summed E-state index contributed by atoms with van der Waals surface area (Å²) in [4.78, 5) is 35.7. The zero-order valence-corrected chi connectivity index (χ0v) is 16.3. The standard InChI is InChI=1S/C17H26N2O4S2/c1-10(14(20)19-16(22)18-2)23-15(21)11-8-12-4-3-5-13(9-11)17(12)24-6-7-25-17/h10-13H,3-9H2,1-2H3,(H2,18,19,20,22)/t10-,11?,12-,13+/m0/s1. The quantitative estimate of drug-likeness (QED) is 0.725. The SMILES string of the molecule is CNC(=O)NC(=O)[C@H](C)OC(=O)C1C[C@H]2CCC[C@@H](C1)C21SCCS1. The molecule has 25 heavy (non-hydrogen) atoms. The van der Waals surface area contributed by atoms with E-state index in [0.29, 0.717) is 15.9 Å². The van der Waals surface area contributed by atoms with E-state index in [1.165, 1.54) is 44.7 Å². The maximum absolute atomic E-state index is 12.6. The Morgan fingerprint density at radius 2 is 1.72 bits per heavy atom. The summed E-state index contributed by atoms with van der Waals surface area (Å²) in [5.74, 6) is 2.53. The van der Waals surface area contributed by atoms with Gasteiger partial charge in [-0.05, 0) is 44.4 Å². The molecule has 2 aliphatic carbocycles. The van der Waals surface area contributed by atoms with Crippen LogP contribution in [0.3, 0.4) is 0 Å². The van der Waals surface area contributed by atoms with E-state index in [4.69, 9.17) is 4.74 Å². The summed E-state index contributed by atoms with van der Waals surface area (Å²) in [6, 6.07) is -0.600. The molecule has 2 bridgehead atoms. The number of carbonyl (C=O) groups is 3. The Bertz CT molecular complexity index is 535. The number of hydrogen-bond donors (Lipinski definition) is 2. The Morgan fingerprint density at radius 3 is 2.28 bits per heavy atom. The molecule has 0 radical (unpaired) electrons. The highest BCUT2D eigenvalue weighted by atomic mass is 32.2. The van der Waals surface area contributed by atoms with Gasteiger partial charge >= 0.3 is 12.0 Å². The van der Waals surface area contributed by atoms with Gasteiger partial charge in [0.25, 0.3) is 5.91 Å². The first-order valence-electron chi connectivity index (χ1n) is 8.97. The third-order valence-corrected chi connectivity index (χ3v) is 9.60. The van der Waals surface area contributed by atoms with Gasteiger partial charge in [0.2, 0.25) is 0 Å². The van der Waals surface area contributed by atoms with E-state index in [2.05, 4.69) is 34.2 Å². The molecule has 1 unspecified atom stereocenters. The van der Waals surface area contributed by atoms with Crippen molar-refractivity contribution in [1.29, 1.82) is 0 Å². The Morgan fingerprint density at radius 1 is 1.12 bits per heavy atom. The molecule has 3 amide bonds. The van der Waals surface area contributed by atoms with Gasteiger partial charge in [-0.15, -0.1) is 23.5 Å². The molecule has 8 heteroatoms. The van der Waals surface area contributed by atoms with Crippen molar-refractivity contribution < 1.29 is 19.1 Å². The van der Waals surface area contributed by atoms with Crippen molar-refractivity contribution in [2.45, 2.75) is 49.2 Å². The number of hydrogen-bond acceptors (Lipinski definition) is 6. The molecule has 3 aliphatic rings. The number of urea groups is 1. The number of ether oxygens (including phenoxy) is 1. The van der Waals surface area contributed by atoms with Gasteiger partial charge < -0.3 is 10.1 Å². The number of esters is 1. The molecule has 0 aromatic heterocycles. The van der Waals surface area contributed by atoms with Crippen LogP contribution in [0.1, 0.15) is 39.0 Å². The van der Waals surface area contributed by atoms with Crippen LogP contribution in [0.2, 0.25) is 0 Å². The average molecular weight is 387 g/mol. The van der Waals surface area contributed by atoms with Gasteiger partial charge in [-0.3, -0.25) is 14.9 Å². The molecule has 0 aromatic rings.